The predicted molar refractivity (Wildman–Crippen MR) is 77.3 cm³/mol. The van der Waals surface area contributed by atoms with Crippen LogP contribution in [0.25, 0.3) is 0 Å². The molecule has 0 bridgehead atoms. The van der Waals surface area contributed by atoms with E-state index in [1.807, 2.05) is 0 Å². The normalized spacial score (nSPS) is 17.2. The number of nitrogens with one attached hydrogen (secondary N) is 1. The molecule has 1 fully saturated rings. The van der Waals surface area contributed by atoms with Crippen molar-refractivity contribution in [3.8, 4) is 0 Å². The van der Waals surface area contributed by atoms with E-state index >= 15 is 0 Å². The number of hydrogen-bond acceptors (Lipinski definition) is 3. The van der Waals surface area contributed by atoms with E-state index in [1.54, 1.807) is 0 Å². The van der Waals surface area contributed by atoms with E-state index in [-0.39, 0.29) is 18.9 Å². The smallest absolute Gasteiger partial charge is 0.220 e. The van der Waals surface area contributed by atoms with Crippen LogP contribution in [-0.2, 0) is 16.0 Å². The number of aryl methyl sites for hydroxylation is 1. The Bertz CT molecular complexity index is 516. The zero-order valence-corrected chi connectivity index (χ0v) is 12.4. The first kappa shape index (κ1) is 16.8. The van der Waals surface area contributed by atoms with Crippen molar-refractivity contribution in [2.45, 2.75) is 37.7 Å². The van der Waals surface area contributed by atoms with E-state index in [0.717, 1.165) is 12.1 Å². The minimum absolute atomic E-state index is 0.150. The van der Waals surface area contributed by atoms with E-state index in [9.17, 15) is 18.7 Å². The van der Waals surface area contributed by atoms with Crippen molar-refractivity contribution >= 4 is 5.91 Å². The van der Waals surface area contributed by atoms with Gasteiger partial charge in [-0.15, -0.1) is 0 Å². The third-order valence-electron chi connectivity index (χ3n) is 3.89. The summed E-state index contributed by atoms with van der Waals surface area (Å²) in [6.07, 6.45) is 2.36. The standard InChI is InChI=1S/C16H21F2NO3/c17-13-5-4-12(10-14(13)18)2-1-3-15(20)19-11-16(21)6-8-22-9-7-16/h4-5,10,21H,1-3,6-9,11H2,(H,19,20). The van der Waals surface area contributed by atoms with Crippen molar-refractivity contribution in [2.24, 2.45) is 0 Å². The quantitative estimate of drug-likeness (QED) is 0.844. The number of aliphatic hydroxyl groups is 1. The molecule has 1 aromatic rings. The summed E-state index contributed by atoms with van der Waals surface area (Å²) in [4.78, 5) is 11.8. The topological polar surface area (TPSA) is 58.6 Å². The van der Waals surface area contributed by atoms with Gasteiger partial charge >= 0.3 is 0 Å². The zero-order valence-electron chi connectivity index (χ0n) is 12.4. The molecule has 6 heteroatoms. The Hall–Kier alpha value is -1.53. The van der Waals surface area contributed by atoms with Crippen LogP contribution < -0.4 is 5.32 Å². The molecule has 1 aliphatic rings. The fourth-order valence-electron chi connectivity index (χ4n) is 2.43. The van der Waals surface area contributed by atoms with Crippen LogP contribution in [0.3, 0.4) is 0 Å². The monoisotopic (exact) mass is 313 g/mol. The van der Waals surface area contributed by atoms with Gasteiger partial charge in [0.2, 0.25) is 5.91 Å². The van der Waals surface area contributed by atoms with Crippen LogP contribution in [0.15, 0.2) is 18.2 Å². The molecule has 1 aliphatic heterocycles. The van der Waals surface area contributed by atoms with Gasteiger partial charge in [0.05, 0.1) is 5.60 Å². The van der Waals surface area contributed by atoms with E-state index in [2.05, 4.69) is 5.32 Å². The van der Waals surface area contributed by atoms with Gasteiger partial charge in [-0.3, -0.25) is 4.79 Å². The van der Waals surface area contributed by atoms with Gasteiger partial charge in [0.25, 0.3) is 0 Å². The maximum atomic E-state index is 13.0. The second-order valence-corrected chi connectivity index (χ2v) is 5.72. The van der Waals surface area contributed by atoms with Gasteiger partial charge in [-0.2, -0.15) is 0 Å². The second-order valence-electron chi connectivity index (χ2n) is 5.72. The molecule has 0 atom stereocenters. The Morgan fingerprint density at radius 1 is 1.27 bits per heavy atom. The minimum Gasteiger partial charge on any atom is -0.388 e. The number of amides is 1. The van der Waals surface area contributed by atoms with Gasteiger partial charge < -0.3 is 15.2 Å². The van der Waals surface area contributed by atoms with E-state index in [1.165, 1.54) is 6.07 Å². The van der Waals surface area contributed by atoms with Crippen LogP contribution in [0.1, 0.15) is 31.2 Å². The molecule has 122 valence electrons. The molecule has 0 aliphatic carbocycles. The van der Waals surface area contributed by atoms with Gasteiger partial charge in [-0.1, -0.05) is 6.07 Å². The number of ether oxygens (including phenoxy) is 1. The summed E-state index contributed by atoms with van der Waals surface area (Å²) in [7, 11) is 0. The highest BCUT2D eigenvalue weighted by atomic mass is 19.2. The molecule has 1 aromatic carbocycles. The largest absolute Gasteiger partial charge is 0.388 e. The number of benzene rings is 1. The molecular weight excluding hydrogens is 292 g/mol. The Morgan fingerprint density at radius 2 is 2.00 bits per heavy atom. The molecule has 0 saturated carbocycles. The fraction of sp³-hybridized carbons (Fsp3) is 0.562. The number of halogens is 2. The average molecular weight is 313 g/mol. The third-order valence-corrected chi connectivity index (χ3v) is 3.89. The van der Waals surface area contributed by atoms with Crippen LogP contribution in [0.4, 0.5) is 8.78 Å². The van der Waals surface area contributed by atoms with E-state index in [4.69, 9.17) is 4.74 Å². The highest BCUT2D eigenvalue weighted by Crippen LogP contribution is 2.19. The van der Waals surface area contributed by atoms with Crippen LogP contribution in [0.5, 0.6) is 0 Å². The molecule has 2 N–H and O–H groups in total. The number of carbonyl (C=O) groups excluding carboxylic acids is 1. The molecule has 0 spiro atoms. The highest BCUT2D eigenvalue weighted by Gasteiger charge is 2.29. The number of rotatable bonds is 6. The lowest BCUT2D eigenvalue weighted by molar-refractivity contribution is -0.124. The van der Waals surface area contributed by atoms with Gasteiger partial charge in [-0.25, -0.2) is 8.78 Å². The summed E-state index contributed by atoms with van der Waals surface area (Å²) < 4.78 is 31.0. The third kappa shape index (κ3) is 5.03. The Morgan fingerprint density at radius 3 is 2.68 bits per heavy atom. The molecule has 0 radical (unpaired) electrons. The molecule has 22 heavy (non-hydrogen) atoms. The molecule has 2 rings (SSSR count). The van der Waals surface area contributed by atoms with E-state index in [0.29, 0.717) is 44.5 Å². The van der Waals surface area contributed by atoms with Crippen molar-refractivity contribution in [1.82, 2.24) is 5.32 Å². The van der Waals surface area contributed by atoms with Gasteiger partial charge in [-0.05, 0) is 30.5 Å². The van der Waals surface area contributed by atoms with Gasteiger partial charge in [0.15, 0.2) is 11.6 Å². The summed E-state index contributed by atoms with van der Waals surface area (Å²) in [5.41, 5.74) is -0.219. The molecule has 1 amide bonds. The molecule has 1 saturated heterocycles. The van der Waals surface area contributed by atoms with Crippen molar-refractivity contribution < 1.29 is 23.4 Å². The summed E-state index contributed by atoms with van der Waals surface area (Å²) in [6.45, 7) is 1.23. The second kappa shape index (κ2) is 7.65. The van der Waals surface area contributed by atoms with Crippen LogP contribution in [-0.4, -0.2) is 36.4 Å². The summed E-state index contributed by atoms with van der Waals surface area (Å²) in [5.74, 6) is -1.89. The Balaban J connectivity index is 1.68. The molecule has 1 heterocycles. The highest BCUT2D eigenvalue weighted by molar-refractivity contribution is 5.75. The lowest BCUT2D eigenvalue weighted by Crippen LogP contribution is -2.46. The first-order valence-corrected chi connectivity index (χ1v) is 7.49. The molecule has 0 aromatic heterocycles. The van der Waals surface area contributed by atoms with E-state index < -0.39 is 17.2 Å². The maximum absolute atomic E-state index is 13.0. The van der Waals surface area contributed by atoms with Gasteiger partial charge in [0.1, 0.15) is 0 Å². The number of carbonyl (C=O) groups is 1. The summed E-state index contributed by atoms with van der Waals surface area (Å²) >= 11 is 0. The molecule has 0 unspecified atom stereocenters. The van der Waals surface area contributed by atoms with Crippen LogP contribution >= 0.6 is 0 Å². The van der Waals surface area contributed by atoms with Crippen molar-refractivity contribution in [3.63, 3.8) is 0 Å². The Labute approximate surface area is 128 Å². The first-order chi connectivity index (χ1) is 10.5. The summed E-state index contributed by atoms with van der Waals surface area (Å²) in [6, 6.07) is 3.75. The maximum Gasteiger partial charge on any atom is 0.220 e. The number of hydrogen-bond donors (Lipinski definition) is 2. The molecular formula is C16H21F2NO3. The SMILES string of the molecule is O=C(CCCc1ccc(F)c(F)c1)NCC1(O)CCOCC1. The van der Waals surface area contributed by atoms with Crippen molar-refractivity contribution in [1.29, 1.82) is 0 Å². The van der Waals surface area contributed by atoms with Crippen molar-refractivity contribution in [2.75, 3.05) is 19.8 Å². The predicted octanol–water partition coefficient (Wildman–Crippen LogP) is 1.95. The van der Waals surface area contributed by atoms with Crippen molar-refractivity contribution in [3.05, 3.63) is 35.4 Å². The zero-order chi connectivity index (χ0) is 16.0. The van der Waals surface area contributed by atoms with Crippen LogP contribution in [0.2, 0.25) is 0 Å². The molecule has 4 nitrogen and oxygen atoms in total. The lowest BCUT2D eigenvalue weighted by Gasteiger charge is -2.32. The Kier molecular flexibility index (Phi) is 5.85. The lowest BCUT2D eigenvalue weighted by atomic mass is 9.94. The first-order valence-electron chi connectivity index (χ1n) is 7.49. The van der Waals surface area contributed by atoms with Gasteiger partial charge in [0, 0.05) is 39.0 Å². The average Bonchev–Trinajstić information content (AvgIpc) is 2.50. The van der Waals surface area contributed by atoms with Crippen LogP contribution in [0, 0.1) is 11.6 Å². The minimum atomic E-state index is -0.881. The fourth-order valence-corrected chi connectivity index (χ4v) is 2.43. The summed E-state index contributed by atoms with van der Waals surface area (Å²) in [5, 5.41) is 12.9.